The van der Waals surface area contributed by atoms with Crippen LogP contribution in [0.5, 0.6) is 0 Å². The first-order valence-electron chi connectivity index (χ1n) is 4.35. The maximum absolute atomic E-state index is 11.6. The van der Waals surface area contributed by atoms with Crippen LogP contribution in [0.1, 0.15) is 10.4 Å². The molecule has 16 heavy (non-hydrogen) atoms. The van der Waals surface area contributed by atoms with E-state index in [0.29, 0.717) is 15.1 Å². The first-order chi connectivity index (χ1) is 7.56. The van der Waals surface area contributed by atoms with Crippen molar-refractivity contribution in [1.82, 2.24) is 5.32 Å². The van der Waals surface area contributed by atoms with E-state index < -0.39 is 11.9 Å². The Morgan fingerprint density at radius 1 is 1.50 bits per heavy atom. The highest BCUT2D eigenvalue weighted by atomic mass is 79.9. The molecule has 0 spiro atoms. The van der Waals surface area contributed by atoms with Crippen molar-refractivity contribution in [2.75, 3.05) is 13.7 Å². The molecule has 0 saturated heterocycles. The number of benzene rings is 1. The Morgan fingerprint density at radius 2 is 2.19 bits per heavy atom. The molecule has 0 heterocycles. The highest BCUT2D eigenvalue weighted by molar-refractivity contribution is 9.10. The van der Waals surface area contributed by atoms with E-state index >= 15 is 0 Å². The van der Waals surface area contributed by atoms with Gasteiger partial charge >= 0.3 is 5.97 Å². The van der Waals surface area contributed by atoms with Crippen LogP contribution in [0.4, 0.5) is 0 Å². The fourth-order valence-electron chi connectivity index (χ4n) is 0.999. The lowest BCUT2D eigenvalue weighted by Crippen LogP contribution is -2.30. The van der Waals surface area contributed by atoms with Gasteiger partial charge in [0.05, 0.1) is 17.7 Å². The SMILES string of the molecule is COC(=O)CNC(=O)c1cccc(Br)c1Cl. The van der Waals surface area contributed by atoms with Crippen LogP contribution in [-0.4, -0.2) is 25.5 Å². The number of hydrogen-bond donors (Lipinski definition) is 1. The van der Waals surface area contributed by atoms with Crippen LogP contribution in [0.2, 0.25) is 5.02 Å². The summed E-state index contributed by atoms with van der Waals surface area (Å²) in [5, 5.41) is 2.71. The van der Waals surface area contributed by atoms with Crippen LogP contribution in [0.25, 0.3) is 0 Å². The molecule has 0 fully saturated rings. The lowest BCUT2D eigenvalue weighted by Gasteiger charge is -2.06. The maximum Gasteiger partial charge on any atom is 0.325 e. The summed E-state index contributed by atoms with van der Waals surface area (Å²) in [6, 6.07) is 4.97. The summed E-state index contributed by atoms with van der Waals surface area (Å²) in [7, 11) is 1.25. The molecule has 6 heteroatoms. The average Bonchev–Trinajstić information content (AvgIpc) is 2.29. The minimum absolute atomic E-state index is 0.182. The van der Waals surface area contributed by atoms with Gasteiger partial charge in [-0.3, -0.25) is 9.59 Å². The molecule has 0 aliphatic rings. The van der Waals surface area contributed by atoms with E-state index in [1.807, 2.05) is 0 Å². The van der Waals surface area contributed by atoms with Crippen molar-refractivity contribution in [3.8, 4) is 0 Å². The summed E-state index contributed by atoms with van der Waals surface area (Å²) in [5.74, 6) is -0.934. The van der Waals surface area contributed by atoms with Gasteiger partial charge in [0.15, 0.2) is 0 Å². The van der Waals surface area contributed by atoms with Gasteiger partial charge < -0.3 is 10.1 Å². The molecule has 4 nitrogen and oxygen atoms in total. The maximum atomic E-state index is 11.6. The number of carbonyl (C=O) groups is 2. The minimum Gasteiger partial charge on any atom is -0.468 e. The quantitative estimate of drug-likeness (QED) is 0.869. The summed E-state index contributed by atoms with van der Waals surface area (Å²) in [6.45, 7) is -0.182. The van der Waals surface area contributed by atoms with Gasteiger partial charge in [-0.05, 0) is 28.1 Å². The number of carbonyl (C=O) groups excluding carboxylic acids is 2. The molecule has 0 saturated carbocycles. The number of ether oxygens (including phenoxy) is 1. The summed E-state index contributed by atoms with van der Waals surface area (Å²) >= 11 is 9.12. The number of methoxy groups -OCH3 is 1. The van der Waals surface area contributed by atoms with Crippen molar-refractivity contribution >= 4 is 39.4 Å². The number of hydrogen-bond acceptors (Lipinski definition) is 3. The van der Waals surface area contributed by atoms with Crippen LogP contribution < -0.4 is 5.32 Å². The largest absolute Gasteiger partial charge is 0.468 e. The highest BCUT2D eigenvalue weighted by Crippen LogP contribution is 2.25. The van der Waals surface area contributed by atoms with Crippen molar-refractivity contribution in [1.29, 1.82) is 0 Å². The van der Waals surface area contributed by atoms with Crippen LogP contribution in [0.15, 0.2) is 22.7 Å². The van der Waals surface area contributed by atoms with Gasteiger partial charge in [-0.2, -0.15) is 0 Å². The number of rotatable bonds is 3. The standard InChI is InChI=1S/C10H9BrClNO3/c1-16-8(14)5-13-10(15)6-3-2-4-7(11)9(6)12/h2-4H,5H2,1H3,(H,13,15). The molecule has 86 valence electrons. The Kier molecular flexibility index (Phi) is 4.76. The van der Waals surface area contributed by atoms with E-state index in [1.165, 1.54) is 7.11 Å². The zero-order valence-corrected chi connectivity index (χ0v) is 10.8. The molecule has 1 amide bonds. The van der Waals surface area contributed by atoms with Crippen molar-refractivity contribution in [2.24, 2.45) is 0 Å². The molecule has 0 radical (unpaired) electrons. The van der Waals surface area contributed by atoms with Crippen LogP contribution in [-0.2, 0) is 9.53 Å². The molecule has 1 aromatic rings. The van der Waals surface area contributed by atoms with Crippen LogP contribution in [0, 0.1) is 0 Å². The molecule has 0 aromatic heterocycles. The third-order valence-electron chi connectivity index (χ3n) is 1.82. The van der Waals surface area contributed by atoms with Crippen molar-refractivity contribution < 1.29 is 14.3 Å². The van der Waals surface area contributed by atoms with Gasteiger partial charge in [0.25, 0.3) is 5.91 Å². The smallest absolute Gasteiger partial charge is 0.325 e. The Hall–Kier alpha value is -1.07. The fraction of sp³-hybridized carbons (Fsp3) is 0.200. The molecule has 0 aliphatic heterocycles. The number of nitrogens with one attached hydrogen (secondary N) is 1. The molecule has 0 unspecified atom stereocenters. The van der Waals surface area contributed by atoms with E-state index in [9.17, 15) is 9.59 Å². The van der Waals surface area contributed by atoms with Gasteiger partial charge in [0, 0.05) is 4.47 Å². The normalized spacial score (nSPS) is 9.69. The van der Waals surface area contributed by atoms with Crippen molar-refractivity contribution in [3.05, 3.63) is 33.3 Å². The lowest BCUT2D eigenvalue weighted by atomic mass is 10.2. The zero-order chi connectivity index (χ0) is 12.1. The van der Waals surface area contributed by atoms with Crippen LogP contribution >= 0.6 is 27.5 Å². The van der Waals surface area contributed by atoms with Crippen molar-refractivity contribution in [2.45, 2.75) is 0 Å². The van der Waals surface area contributed by atoms with Gasteiger partial charge in [0.2, 0.25) is 0 Å². The molecule has 1 aromatic carbocycles. The Bertz CT molecular complexity index is 423. The molecule has 0 aliphatic carbocycles. The molecular weight excluding hydrogens is 297 g/mol. The molecule has 1 rings (SSSR count). The Balaban J connectivity index is 2.74. The summed E-state index contributed by atoms with van der Waals surface area (Å²) in [6.07, 6.45) is 0. The molecule has 0 atom stereocenters. The Labute approximate surface area is 106 Å². The summed E-state index contributed by atoms with van der Waals surface area (Å²) in [5.41, 5.74) is 0.306. The topological polar surface area (TPSA) is 55.4 Å². The second-order valence-corrected chi connectivity index (χ2v) is 4.09. The lowest BCUT2D eigenvalue weighted by molar-refractivity contribution is -0.139. The molecule has 0 bridgehead atoms. The number of halogens is 2. The Morgan fingerprint density at radius 3 is 2.81 bits per heavy atom. The molecule has 1 N–H and O–H groups in total. The first-order valence-corrected chi connectivity index (χ1v) is 5.52. The predicted octanol–water partition coefficient (Wildman–Crippen LogP) is 2.01. The fourth-order valence-corrected chi connectivity index (χ4v) is 1.58. The second-order valence-electron chi connectivity index (χ2n) is 2.86. The van der Waals surface area contributed by atoms with E-state index in [0.717, 1.165) is 0 Å². The summed E-state index contributed by atoms with van der Waals surface area (Å²) < 4.78 is 5.02. The molecular formula is C10H9BrClNO3. The van der Waals surface area contributed by atoms with Crippen molar-refractivity contribution in [3.63, 3.8) is 0 Å². The third kappa shape index (κ3) is 3.21. The van der Waals surface area contributed by atoms with E-state index in [4.69, 9.17) is 11.6 Å². The monoisotopic (exact) mass is 305 g/mol. The van der Waals surface area contributed by atoms with Gasteiger partial charge in [-0.1, -0.05) is 17.7 Å². The van der Waals surface area contributed by atoms with Gasteiger partial charge in [-0.15, -0.1) is 0 Å². The number of amides is 1. The number of esters is 1. The van der Waals surface area contributed by atoms with Crippen LogP contribution in [0.3, 0.4) is 0 Å². The third-order valence-corrected chi connectivity index (χ3v) is 3.11. The first kappa shape index (κ1) is 13.0. The zero-order valence-electron chi connectivity index (χ0n) is 8.42. The van der Waals surface area contributed by atoms with E-state index in [1.54, 1.807) is 18.2 Å². The van der Waals surface area contributed by atoms with Gasteiger partial charge in [-0.25, -0.2) is 0 Å². The predicted molar refractivity (Wildman–Crippen MR) is 63.5 cm³/mol. The summed E-state index contributed by atoms with van der Waals surface area (Å²) in [4.78, 5) is 22.4. The van der Waals surface area contributed by atoms with E-state index in [2.05, 4.69) is 26.0 Å². The second kappa shape index (κ2) is 5.86. The average molecular weight is 307 g/mol. The highest BCUT2D eigenvalue weighted by Gasteiger charge is 2.13. The van der Waals surface area contributed by atoms with Gasteiger partial charge in [0.1, 0.15) is 6.54 Å². The van der Waals surface area contributed by atoms with E-state index in [-0.39, 0.29) is 6.54 Å². The minimum atomic E-state index is -0.514.